The van der Waals surface area contributed by atoms with Crippen LogP contribution in [0.2, 0.25) is 0 Å². The minimum Gasteiger partial charge on any atom is -0.454 e. The Labute approximate surface area is 173 Å². The third-order valence-electron chi connectivity index (χ3n) is 4.07. The topological polar surface area (TPSA) is 94.2 Å². The van der Waals surface area contributed by atoms with Gasteiger partial charge in [-0.05, 0) is 42.5 Å². The van der Waals surface area contributed by atoms with Gasteiger partial charge in [-0.2, -0.15) is 13.2 Å². The fourth-order valence-electron chi connectivity index (χ4n) is 2.58. The Morgan fingerprint density at radius 2 is 2.07 bits per heavy atom. The van der Waals surface area contributed by atoms with Crippen LogP contribution < -0.4 is 14.8 Å². The predicted molar refractivity (Wildman–Crippen MR) is 99.7 cm³/mol. The van der Waals surface area contributed by atoms with Gasteiger partial charge in [-0.1, -0.05) is 6.07 Å². The van der Waals surface area contributed by atoms with Gasteiger partial charge in [0.15, 0.2) is 11.5 Å². The van der Waals surface area contributed by atoms with Crippen molar-refractivity contribution in [1.29, 1.82) is 0 Å². The van der Waals surface area contributed by atoms with Crippen molar-refractivity contribution in [3.05, 3.63) is 28.7 Å². The number of halogens is 3. The number of ether oxygens (including phenoxy) is 3. The SMILES string of the molecule is CC(OCC(F)(F)F)C(=O)NCCN1C(=O)S/C(=C\c2ccc3c(c2)OCO3)C1=O. The number of thioether (sulfide) groups is 1. The van der Waals surface area contributed by atoms with E-state index < -0.39 is 35.9 Å². The summed E-state index contributed by atoms with van der Waals surface area (Å²) in [5, 5.41) is 1.83. The number of nitrogens with one attached hydrogen (secondary N) is 1. The highest BCUT2D eigenvalue weighted by atomic mass is 32.2. The molecular formula is C18H17F3N2O6S. The first-order valence-electron chi connectivity index (χ1n) is 8.75. The lowest BCUT2D eigenvalue weighted by atomic mass is 10.2. The Bertz CT molecular complexity index is 889. The second-order valence-corrected chi connectivity index (χ2v) is 7.30. The van der Waals surface area contributed by atoms with Crippen LogP contribution in [0.1, 0.15) is 12.5 Å². The van der Waals surface area contributed by atoms with E-state index >= 15 is 0 Å². The predicted octanol–water partition coefficient (Wildman–Crippen LogP) is 2.54. The van der Waals surface area contributed by atoms with E-state index in [0.717, 1.165) is 16.7 Å². The molecule has 1 aromatic rings. The Hall–Kier alpha value is -2.73. The maximum Gasteiger partial charge on any atom is 0.411 e. The van der Waals surface area contributed by atoms with Crippen LogP contribution in [-0.2, 0) is 14.3 Å². The van der Waals surface area contributed by atoms with Crippen LogP contribution in [0.25, 0.3) is 6.08 Å². The molecule has 1 aromatic carbocycles. The molecule has 8 nitrogen and oxygen atoms in total. The lowest BCUT2D eigenvalue weighted by molar-refractivity contribution is -0.185. The van der Waals surface area contributed by atoms with E-state index in [0.29, 0.717) is 17.1 Å². The minimum absolute atomic E-state index is 0.112. The highest BCUT2D eigenvalue weighted by molar-refractivity contribution is 8.18. The number of carbonyl (C=O) groups is 3. The number of benzene rings is 1. The Morgan fingerprint density at radius 1 is 1.33 bits per heavy atom. The third kappa shape index (κ3) is 5.45. The smallest absolute Gasteiger partial charge is 0.411 e. The minimum atomic E-state index is -4.54. The summed E-state index contributed by atoms with van der Waals surface area (Å²) < 4.78 is 51.3. The van der Waals surface area contributed by atoms with Gasteiger partial charge >= 0.3 is 6.18 Å². The summed E-state index contributed by atoms with van der Waals surface area (Å²) in [5.74, 6) is -0.183. The van der Waals surface area contributed by atoms with Gasteiger partial charge in [0.2, 0.25) is 12.7 Å². The summed E-state index contributed by atoms with van der Waals surface area (Å²) in [4.78, 5) is 37.5. The first-order chi connectivity index (χ1) is 14.1. The van der Waals surface area contributed by atoms with Gasteiger partial charge in [0.1, 0.15) is 12.7 Å². The normalized spacial score (nSPS) is 18.3. The second kappa shape index (κ2) is 8.96. The molecule has 30 heavy (non-hydrogen) atoms. The van der Waals surface area contributed by atoms with Crippen molar-refractivity contribution in [2.45, 2.75) is 19.2 Å². The van der Waals surface area contributed by atoms with E-state index in [1.165, 1.54) is 6.92 Å². The molecule has 1 N–H and O–H groups in total. The molecule has 12 heteroatoms. The van der Waals surface area contributed by atoms with E-state index in [1.54, 1.807) is 24.3 Å². The second-order valence-electron chi connectivity index (χ2n) is 6.31. The maximum atomic E-state index is 12.5. The first-order valence-corrected chi connectivity index (χ1v) is 9.57. The Balaban J connectivity index is 1.52. The number of hydrogen-bond acceptors (Lipinski definition) is 7. The zero-order chi connectivity index (χ0) is 21.9. The molecule has 0 aromatic heterocycles. The Kier molecular flexibility index (Phi) is 6.56. The molecular weight excluding hydrogens is 429 g/mol. The summed E-state index contributed by atoms with van der Waals surface area (Å²) in [7, 11) is 0. The molecule has 1 saturated heterocycles. The molecule has 1 atom stereocenters. The standard InChI is InChI=1S/C18H17F3N2O6S/c1-10(27-8-18(19,20)21)15(24)22-4-5-23-16(25)14(30-17(23)26)7-11-2-3-12-13(6-11)29-9-28-12/h2-3,6-7,10H,4-5,8-9H2,1H3,(H,22,24)/b14-7-. The molecule has 162 valence electrons. The van der Waals surface area contributed by atoms with E-state index in [2.05, 4.69) is 10.1 Å². The monoisotopic (exact) mass is 446 g/mol. The summed E-state index contributed by atoms with van der Waals surface area (Å²) in [6.07, 6.45) is -4.33. The molecule has 0 saturated carbocycles. The maximum absolute atomic E-state index is 12.5. The van der Waals surface area contributed by atoms with Crippen LogP contribution in [0.5, 0.6) is 11.5 Å². The number of fused-ring (bicyclic) bond motifs is 1. The van der Waals surface area contributed by atoms with Crippen LogP contribution in [0.15, 0.2) is 23.1 Å². The largest absolute Gasteiger partial charge is 0.454 e. The average molecular weight is 446 g/mol. The fraction of sp³-hybridized carbons (Fsp3) is 0.389. The first kappa shape index (κ1) is 22.0. The number of amides is 3. The molecule has 0 aliphatic carbocycles. The molecule has 3 rings (SSSR count). The van der Waals surface area contributed by atoms with E-state index in [-0.39, 0.29) is 24.8 Å². The summed E-state index contributed by atoms with van der Waals surface area (Å²) in [6, 6.07) is 5.08. The number of imide groups is 1. The van der Waals surface area contributed by atoms with Crippen molar-refractivity contribution in [2.24, 2.45) is 0 Å². The Morgan fingerprint density at radius 3 is 2.80 bits per heavy atom. The molecule has 0 spiro atoms. The van der Waals surface area contributed by atoms with E-state index in [4.69, 9.17) is 9.47 Å². The zero-order valence-electron chi connectivity index (χ0n) is 15.7. The van der Waals surface area contributed by atoms with Gasteiger partial charge in [-0.15, -0.1) is 0 Å². The lowest BCUT2D eigenvalue weighted by Crippen LogP contribution is -2.41. The molecule has 2 aliphatic rings. The summed E-state index contributed by atoms with van der Waals surface area (Å²) in [6.45, 7) is -0.500. The van der Waals surface area contributed by atoms with Gasteiger partial charge in [0.25, 0.3) is 11.1 Å². The molecule has 1 unspecified atom stereocenters. The van der Waals surface area contributed by atoms with Gasteiger partial charge in [0.05, 0.1) is 4.91 Å². The summed E-state index contributed by atoms with van der Waals surface area (Å²) >= 11 is 0.750. The van der Waals surface area contributed by atoms with Crippen LogP contribution >= 0.6 is 11.8 Å². The highest BCUT2D eigenvalue weighted by Gasteiger charge is 2.35. The summed E-state index contributed by atoms with van der Waals surface area (Å²) in [5.41, 5.74) is 0.647. The molecule has 0 bridgehead atoms. The van der Waals surface area contributed by atoms with Crippen LogP contribution in [0, 0.1) is 0 Å². The molecule has 3 amide bonds. The highest BCUT2D eigenvalue weighted by Crippen LogP contribution is 2.36. The number of hydrogen-bond donors (Lipinski definition) is 1. The number of carbonyl (C=O) groups excluding carboxylic acids is 3. The number of nitrogens with zero attached hydrogens (tertiary/aromatic N) is 1. The fourth-order valence-corrected chi connectivity index (χ4v) is 3.44. The van der Waals surface area contributed by atoms with Crippen molar-refractivity contribution in [3.8, 4) is 11.5 Å². The van der Waals surface area contributed by atoms with Crippen molar-refractivity contribution in [1.82, 2.24) is 10.2 Å². The van der Waals surface area contributed by atoms with Crippen molar-refractivity contribution >= 4 is 34.9 Å². The van der Waals surface area contributed by atoms with Crippen molar-refractivity contribution in [3.63, 3.8) is 0 Å². The van der Waals surface area contributed by atoms with Gasteiger partial charge in [-0.3, -0.25) is 19.3 Å². The zero-order valence-corrected chi connectivity index (χ0v) is 16.5. The van der Waals surface area contributed by atoms with Gasteiger partial charge in [0, 0.05) is 13.1 Å². The van der Waals surface area contributed by atoms with Crippen LogP contribution in [-0.4, -0.2) is 60.7 Å². The van der Waals surface area contributed by atoms with Crippen LogP contribution in [0.4, 0.5) is 18.0 Å². The number of rotatable bonds is 7. The lowest BCUT2D eigenvalue weighted by Gasteiger charge is -2.16. The van der Waals surface area contributed by atoms with Crippen LogP contribution in [0.3, 0.4) is 0 Å². The van der Waals surface area contributed by atoms with Gasteiger partial charge < -0.3 is 19.5 Å². The van der Waals surface area contributed by atoms with E-state index in [1.807, 2.05) is 0 Å². The van der Waals surface area contributed by atoms with Crippen molar-refractivity contribution in [2.75, 3.05) is 26.5 Å². The third-order valence-corrected chi connectivity index (χ3v) is 4.98. The molecule has 0 radical (unpaired) electrons. The number of alkyl halides is 3. The molecule has 2 heterocycles. The van der Waals surface area contributed by atoms with Gasteiger partial charge in [-0.25, -0.2) is 0 Å². The average Bonchev–Trinajstić information content (AvgIpc) is 3.24. The molecule has 2 aliphatic heterocycles. The molecule has 1 fully saturated rings. The van der Waals surface area contributed by atoms with Crippen molar-refractivity contribution < 1.29 is 41.8 Å². The van der Waals surface area contributed by atoms with E-state index in [9.17, 15) is 27.6 Å². The quantitative estimate of drug-likeness (QED) is 0.644.